The molecule has 2 aromatic rings. The second-order valence-electron chi connectivity index (χ2n) is 8.34. The van der Waals surface area contributed by atoms with Gasteiger partial charge in [0.1, 0.15) is 6.04 Å². The summed E-state index contributed by atoms with van der Waals surface area (Å²) < 4.78 is 0. The van der Waals surface area contributed by atoms with Crippen molar-refractivity contribution in [2.75, 3.05) is 0 Å². The van der Waals surface area contributed by atoms with E-state index in [-0.39, 0.29) is 30.5 Å². The Morgan fingerprint density at radius 1 is 1.10 bits per heavy atom. The Hall–Kier alpha value is -2.93. The van der Waals surface area contributed by atoms with Crippen LogP contribution in [0.3, 0.4) is 0 Å². The molecule has 0 spiro atoms. The fourth-order valence-corrected chi connectivity index (χ4v) is 3.48. The molecule has 0 unspecified atom stereocenters. The van der Waals surface area contributed by atoms with Crippen LogP contribution in [0.1, 0.15) is 45.2 Å². The van der Waals surface area contributed by atoms with E-state index in [4.69, 9.17) is 11.6 Å². The molecule has 0 bridgehead atoms. The molecule has 8 heteroatoms. The van der Waals surface area contributed by atoms with Crippen LogP contribution in [0.2, 0.25) is 5.02 Å². The minimum Gasteiger partial charge on any atom is -0.350 e. The second-order valence-corrected chi connectivity index (χ2v) is 8.75. The van der Waals surface area contributed by atoms with Crippen LogP contribution in [-0.4, -0.2) is 33.2 Å². The molecule has 0 heterocycles. The number of hydrogen-bond acceptors (Lipinski definition) is 4. The maximum absolute atomic E-state index is 13.4. The smallest absolute Gasteiger partial charge is 0.273 e. The van der Waals surface area contributed by atoms with Crippen molar-refractivity contribution in [1.82, 2.24) is 10.2 Å². The predicted molar refractivity (Wildman–Crippen MR) is 121 cm³/mol. The molecule has 31 heavy (non-hydrogen) atoms. The summed E-state index contributed by atoms with van der Waals surface area (Å²) in [6.07, 6.45) is 0.190. The van der Waals surface area contributed by atoms with Gasteiger partial charge in [-0.2, -0.15) is 0 Å². The van der Waals surface area contributed by atoms with E-state index in [0.717, 1.165) is 0 Å². The number of nitro groups is 1. The van der Waals surface area contributed by atoms with Crippen LogP contribution in [0.4, 0.5) is 5.69 Å². The average molecular weight is 446 g/mol. The zero-order valence-corrected chi connectivity index (χ0v) is 19.0. The fraction of sp³-hybridized carbons (Fsp3) is 0.391. The van der Waals surface area contributed by atoms with E-state index in [2.05, 4.69) is 5.32 Å². The fourth-order valence-electron chi connectivity index (χ4n) is 3.29. The summed E-state index contributed by atoms with van der Waals surface area (Å²) in [5, 5.41) is 14.8. The molecule has 0 saturated heterocycles. The lowest BCUT2D eigenvalue weighted by Crippen LogP contribution is -2.53. The number of hydrogen-bond donors (Lipinski definition) is 1. The van der Waals surface area contributed by atoms with E-state index < -0.39 is 16.5 Å². The van der Waals surface area contributed by atoms with Crippen LogP contribution in [-0.2, 0) is 22.6 Å². The monoisotopic (exact) mass is 445 g/mol. The summed E-state index contributed by atoms with van der Waals surface area (Å²) in [4.78, 5) is 38.7. The third kappa shape index (κ3) is 6.79. The molecular formula is C23H28ClN3O4. The minimum absolute atomic E-state index is 0.120. The van der Waals surface area contributed by atoms with Crippen molar-refractivity contribution >= 4 is 29.1 Å². The van der Waals surface area contributed by atoms with E-state index in [1.54, 1.807) is 36.4 Å². The van der Waals surface area contributed by atoms with Crippen LogP contribution in [0.15, 0.2) is 48.5 Å². The SMILES string of the molecule is CC[C@@H](C(=O)NC(C)(C)C)N(Cc1ccccc1Cl)C(=O)Cc1ccccc1[N+](=O)[O-]. The summed E-state index contributed by atoms with van der Waals surface area (Å²) in [6.45, 7) is 7.54. The Morgan fingerprint density at radius 2 is 1.68 bits per heavy atom. The van der Waals surface area contributed by atoms with Gasteiger partial charge in [-0.15, -0.1) is 0 Å². The molecular weight excluding hydrogens is 418 g/mol. The molecule has 0 aliphatic heterocycles. The largest absolute Gasteiger partial charge is 0.350 e. The molecule has 2 aromatic carbocycles. The highest BCUT2D eigenvalue weighted by Gasteiger charge is 2.31. The first kappa shape index (κ1) is 24.3. The third-order valence-electron chi connectivity index (χ3n) is 4.71. The first-order chi connectivity index (χ1) is 14.5. The van der Waals surface area contributed by atoms with Gasteiger partial charge < -0.3 is 10.2 Å². The lowest BCUT2D eigenvalue weighted by Gasteiger charge is -2.33. The van der Waals surface area contributed by atoms with E-state index in [1.807, 2.05) is 33.8 Å². The van der Waals surface area contributed by atoms with Crippen LogP contribution < -0.4 is 5.32 Å². The first-order valence-corrected chi connectivity index (χ1v) is 10.5. The number of para-hydroxylation sites is 1. The van der Waals surface area contributed by atoms with Crippen molar-refractivity contribution < 1.29 is 14.5 Å². The van der Waals surface area contributed by atoms with E-state index in [0.29, 0.717) is 22.6 Å². The molecule has 2 rings (SSSR count). The highest BCUT2D eigenvalue weighted by atomic mass is 35.5. The Kier molecular flexibility index (Phi) is 8.16. The summed E-state index contributed by atoms with van der Waals surface area (Å²) in [6, 6.07) is 12.5. The zero-order valence-electron chi connectivity index (χ0n) is 18.2. The minimum atomic E-state index is -0.745. The molecule has 1 atom stereocenters. The van der Waals surface area contributed by atoms with Crippen LogP contribution in [0.5, 0.6) is 0 Å². The first-order valence-electron chi connectivity index (χ1n) is 10.1. The van der Waals surface area contributed by atoms with Gasteiger partial charge in [-0.1, -0.05) is 54.9 Å². The summed E-state index contributed by atoms with van der Waals surface area (Å²) in [7, 11) is 0. The molecule has 2 amide bonds. The second kappa shape index (κ2) is 10.4. The van der Waals surface area contributed by atoms with Crippen molar-refractivity contribution in [3.8, 4) is 0 Å². The van der Waals surface area contributed by atoms with Gasteiger partial charge in [-0.05, 0) is 38.8 Å². The Balaban J connectivity index is 2.41. The van der Waals surface area contributed by atoms with E-state index in [9.17, 15) is 19.7 Å². The van der Waals surface area contributed by atoms with Gasteiger partial charge in [0.15, 0.2) is 0 Å². The quantitative estimate of drug-likeness (QED) is 0.477. The maximum Gasteiger partial charge on any atom is 0.273 e. The average Bonchev–Trinajstić information content (AvgIpc) is 2.68. The van der Waals surface area contributed by atoms with E-state index in [1.165, 1.54) is 11.0 Å². The Labute approximate surface area is 187 Å². The summed E-state index contributed by atoms with van der Waals surface area (Å²) >= 11 is 6.31. The van der Waals surface area contributed by atoms with Gasteiger partial charge in [0.05, 0.1) is 11.3 Å². The molecule has 0 aliphatic carbocycles. The standard InChI is InChI=1S/C23H28ClN3O4/c1-5-19(22(29)25-23(2,3)4)26(15-17-11-6-8-12-18(17)24)21(28)14-16-10-7-9-13-20(16)27(30)31/h6-13,19H,5,14-15H2,1-4H3,(H,25,29)/t19-/m0/s1. The highest BCUT2D eigenvalue weighted by molar-refractivity contribution is 6.31. The summed E-state index contributed by atoms with van der Waals surface area (Å²) in [5.74, 6) is -0.664. The highest BCUT2D eigenvalue weighted by Crippen LogP contribution is 2.23. The number of amides is 2. The number of nitrogens with zero attached hydrogens (tertiary/aromatic N) is 2. The van der Waals surface area contributed by atoms with Gasteiger partial charge >= 0.3 is 0 Å². The number of nitro benzene ring substituents is 1. The predicted octanol–water partition coefficient (Wildman–Crippen LogP) is 4.51. The lowest BCUT2D eigenvalue weighted by molar-refractivity contribution is -0.385. The summed E-state index contributed by atoms with van der Waals surface area (Å²) in [5.41, 5.74) is 0.400. The van der Waals surface area contributed by atoms with Crippen LogP contribution >= 0.6 is 11.6 Å². The number of rotatable bonds is 8. The van der Waals surface area contributed by atoms with Crippen molar-refractivity contribution in [3.05, 3.63) is 74.8 Å². The van der Waals surface area contributed by atoms with Crippen molar-refractivity contribution in [3.63, 3.8) is 0 Å². The van der Waals surface area contributed by atoms with Crippen molar-refractivity contribution in [2.24, 2.45) is 0 Å². The zero-order chi connectivity index (χ0) is 23.2. The topological polar surface area (TPSA) is 92.6 Å². The van der Waals surface area contributed by atoms with Gasteiger partial charge in [-0.3, -0.25) is 19.7 Å². The van der Waals surface area contributed by atoms with Gasteiger partial charge in [-0.25, -0.2) is 0 Å². The number of halogens is 1. The van der Waals surface area contributed by atoms with Gasteiger partial charge in [0.2, 0.25) is 11.8 Å². The number of carbonyl (C=O) groups excluding carboxylic acids is 2. The molecule has 0 saturated carbocycles. The molecule has 0 radical (unpaired) electrons. The molecule has 0 aromatic heterocycles. The van der Waals surface area contributed by atoms with Crippen molar-refractivity contribution in [2.45, 2.75) is 58.7 Å². The van der Waals surface area contributed by atoms with Crippen LogP contribution in [0, 0.1) is 10.1 Å². The normalized spacial score (nSPS) is 12.2. The Bertz CT molecular complexity index is 956. The maximum atomic E-state index is 13.4. The number of nitrogens with one attached hydrogen (secondary N) is 1. The number of carbonyl (C=O) groups is 2. The molecule has 0 aliphatic rings. The molecule has 1 N–H and O–H groups in total. The molecule has 166 valence electrons. The van der Waals surface area contributed by atoms with Gasteiger partial charge in [0.25, 0.3) is 5.69 Å². The Morgan fingerprint density at radius 3 is 2.23 bits per heavy atom. The van der Waals surface area contributed by atoms with Gasteiger partial charge in [0, 0.05) is 28.7 Å². The third-order valence-corrected chi connectivity index (χ3v) is 5.08. The molecule has 7 nitrogen and oxygen atoms in total. The molecule has 0 fully saturated rings. The van der Waals surface area contributed by atoms with E-state index >= 15 is 0 Å². The van der Waals surface area contributed by atoms with Crippen molar-refractivity contribution in [1.29, 1.82) is 0 Å². The number of benzene rings is 2. The van der Waals surface area contributed by atoms with Crippen LogP contribution in [0.25, 0.3) is 0 Å². The lowest BCUT2D eigenvalue weighted by atomic mass is 10.0.